The third kappa shape index (κ3) is 2.09. The molecule has 5 heteroatoms. The zero-order valence-electron chi connectivity index (χ0n) is 9.26. The molecule has 0 unspecified atom stereocenters. The molecular formula is C12H12N4O. The highest BCUT2D eigenvalue weighted by Gasteiger charge is 2.09. The first kappa shape index (κ1) is 10.2. The Morgan fingerprint density at radius 2 is 2.06 bits per heavy atom. The second-order valence-corrected chi connectivity index (χ2v) is 3.82. The molecule has 0 aromatic carbocycles. The van der Waals surface area contributed by atoms with E-state index < -0.39 is 0 Å². The molecule has 3 rings (SSSR count). The van der Waals surface area contributed by atoms with E-state index in [4.69, 9.17) is 4.42 Å². The molecule has 2 aromatic heterocycles. The highest BCUT2D eigenvalue weighted by molar-refractivity contribution is 5.62. The summed E-state index contributed by atoms with van der Waals surface area (Å²) in [4.78, 5) is 12.8. The van der Waals surface area contributed by atoms with Crippen LogP contribution in [0.1, 0.15) is 12.2 Å². The molecule has 2 aromatic rings. The number of hydrogen-bond acceptors (Lipinski definition) is 5. The summed E-state index contributed by atoms with van der Waals surface area (Å²) in [7, 11) is 0. The minimum atomic E-state index is 0.552. The first-order valence-electron chi connectivity index (χ1n) is 5.55. The molecule has 0 amide bonds. The second-order valence-electron chi connectivity index (χ2n) is 3.82. The van der Waals surface area contributed by atoms with E-state index in [-0.39, 0.29) is 0 Å². The Labute approximate surface area is 98.6 Å². The molecule has 5 nitrogen and oxygen atoms in total. The summed E-state index contributed by atoms with van der Waals surface area (Å²) in [6, 6.07) is 0. The lowest BCUT2D eigenvalue weighted by Gasteiger charge is -2.12. The predicted molar refractivity (Wildman–Crippen MR) is 63.0 cm³/mol. The maximum absolute atomic E-state index is 5.19. The largest absolute Gasteiger partial charge is 0.444 e. The Bertz CT molecular complexity index is 516. The summed E-state index contributed by atoms with van der Waals surface area (Å²) in [5, 5.41) is 3.26. The van der Waals surface area contributed by atoms with E-state index >= 15 is 0 Å². The zero-order chi connectivity index (χ0) is 11.5. The first-order chi connectivity index (χ1) is 8.43. The Hall–Kier alpha value is -2.01. The van der Waals surface area contributed by atoms with E-state index in [0.717, 1.165) is 30.9 Å². The van der Waals surface area contributed by atoms with Crippen molar-refractivity contribution in [2.75, 3.05) is 13.1 Å². The molecular weight excluding hydrogens is 216 g/mol. The van der Waals surface area contributed by atoms with Crippen molar-refractivity contribution in [2.45, 2.75) is 6.42 Å². The van der Waals surface area contributed by atoms with E-state index in [1.165, 1.54) is 5.57 Å². The average Bonchev–Trinajstić information content (AvgIpc) is 2.94. The van der Waals surface area contributed by atoms with Crippen LogP contribution in [0.25, 0.3) is 17.0 Å². The second kappa shape index (κ2) is 4.47. The van der Waals surface area contributed by atoms with Gasteiger partial charge in [-0.3, -0.25) is 0 Å². The van der Waals surface area contributed by atoms with Gasteiger partial charge in [0.15, 0.2) is 5.82 Å². The van der Waals surface area contributed by atoms with Crippen molar-refractivity contribution in [3.8, 4) is 11.5 Å². The smallest absolute Gasteiger partial charge is 0.228 e. The van der Waals surface area contributed by atoms with Crippen molar-refractivity contribution in [2.24, 2.45) is 0 Å². The summed E-state index contributed by atoms with van der Waals surface area (Å²) in [6.45, 7) is 1.87. The number of nitrogens with zero attached hydrogens (tertiary/aromatic N) is 3. The van der Waals surface area contributed by atoms with Crippen LogP contribution in [-0.2, 0) is 0 Å². The van der Waals surface area contributed by atoms with Gasteiger partial charge in [-0.05, 0) is 18.5 Å². The maximum Gasteiger partial charge on any atom is 0.228 e. The average molecular weight is 228 g/mol. The highest BCUT2D eigenvalue weighted by Crippen LogP contribution is 2.18. The molecule has 0 bridgehead atoms. The molecule has 0 radical (unpaired) electrons. The van der Waals surface area contributed by atoms with Gasteiger partial charge in [0, 0.05) is 18.9 Å². The van der Waals surface area contributed by atoms with Gasteiger partial charge in [-0.25, -0.2) is 15.0 Å². The summed E-state index contributed by atoms with van der Waals surface area (Å²) in [5.74, 6) is 1.35. The van der Waals surface area contributed by atoms with Crippen LogP contribution in [0.2, 0.25) is 0 Å². The Kier molecular flexibility index (Phi) is 2.67. The summed E-state index contributed by atoms with van der Waals surface area (Å²) < 4.78 is 5.19. The van der Waals surface area contributed by atoms with Gasteiger partial charge in [-0.15, -0.1) is 0 Å². The molecule has 0 fully saturated rings. The molecule has 0 saturated heterocycles. The van der Waals surface area contributed by atoms with Gasteiger partial charge in [0.1, 0.15) is 6.26 Å². The van der Waals surface area contributed by atoms with Gasteiger partial charge < -0.3 is 9.73 Å². The molecule has 1 aliphatic heterocycles. The van der Waals surface area contributed by atoms with Gasteiger partial charge >= 0.3 is 0 Å². The number of rotatable bonds is 2. The molecule has 0 aliphatic carbocycles. The monoisotopic (exact) mass is 228 g/mol. The Morgan fingerprint density at radius 1 is 1.18 bits per heavy atom. The third-order valence-corrected chi connectivity index (χ3v) is 2.68. The molecule has 17 heavy (non-hydrogen) atoms. The van der Waals surface area contributed by atoms with Gasteiger partial charge in [-0.1, -0.05) is 6.08 Å². The maximum atomic E-state index is 5.19. The van der Waals surface area contributed by atoms with E-state index in [1.807, 2.05) is 0 Å². The first-order valence-corrected chi connectivity index (χ1v) is 5.55. The lowest BCUT2D eigenvalue weighted by atomic mass is 10.1. The number of oxazole rings is 1. The van der Waals surface area contributed by atoms with E-state index in [0.29, 0.717) is 5.89 Å². The molecule has 1 N–H and O–H groups in total. The van der Waals surface area contributed by atoms with Crippen molar-refractivity contribution in [3.63, 3.8) is 0 Å². The minimum absolute atomic E-state index is 0.552. The van der Waals surface area contributed by atoms with E-state index in [9.17, 15) is 0 Å². The van der Waals surface area contributed by atoms with Gasteiger partial charge in [0.25, 0.3) is 0 Å². The summed E-state index contributed by atoms with van der Waals surface area (Å²) in [5.41, 5.74) is 2.00. The quantitative estimate of drug-likeness (QED) is 0.844. The normalized spacial score (nSPS) is 15.6. The summed E-state index contributed by atoms with van der Waals surface area (Å²) >= 11 is 0. The van der Waals surface area contributed by atoms with Gasteiger partial charge in [-0.2, -0.15) is 0 Å². The topological polar surface area (TPSA) is 63.8 Å². The highest BCUT2D eigenvalue weighted by atomic mass is 16.3. The standard InChI is InChI=1S/C12H12N4O/c1-3-13-4-2-9(1)11-15-7-10(8-16-11)12-14-5-6-17-12/h1,5-8,13H,2-4H2. The lowest BCUT2D eigenvalue weighted by molar-refractivity contribution is 0.574. The molecule has 86 valence electrons. The molecule has 0 spiro atoms. The lowest BCUT2D eigenvalue weighted by Crippen LogP contribution is -2.20. The van der Waals surface area contributed by atoms with Crippen molar-refractivity contribution < 1.29 is 4.42 Å². The SMILES string of the molecule is C1=C(c2ncc(-c3ncco3)cn2)CCNC1. The Morgan fingerprint density at radius 3 is 2.71 bits per heavy atom. The third-order valence-electron chi connectivity index (χ3n) is 2.68. The van der Waals surface area contributed by atoms with Crippen molar-refractivity contribution in [1.29, 1.82) is 0 Å². The van der Waals surface area contributed by atoms with Crippen LogP contribution in [0, 0.1) is 0 Å². The minimum Gasteiger partial charge on any atom is -0.444 e. The van der Waals surface area contributed by atoms with E-state index in [1.54, 1.807) is 24.9 Å². The van der Waals surface area contributed by atoms with Crippen molar-refractivity contribution >= 4 is 5.57 Å². The summed E-state index contributed by atoms with van der Waals surface area (Å²) in [6.07, 6.45) is 9.74. The van der Waals surface area contributed by atoms with Crippen molar-refractivity contribution in [3.05, 3.63) is 36.8 Å². The molecule has 1 aliphatic rings. The van der Waals surface area contributed by atoms with Crippen LogP contribution in [0.15, 0.2) is 35.3 Å². The fourth-order valence-corrected chi connectivity index (χ4v) is 1.80. The van der Waals surface area contributed by atoms with Gasteiger partial charge in [0.2, 0.25) is 5.89 Å². The Balaban J connectivity index is 1.87. The molecule has 0 atom stereocenters. The number of aromatic nitrogens is 3. The van der Waals surface area contributed by atoms with Crippen LogP contribution in [0.4, 0.5) is 0 Å². The van der Waals surface area contributed by atoms with Crippen LogP contribution in [0.5, 0.6) is 0 Å². The van der Waals surface area contributed by atoms with Gasteiger partial charge in [0.05, 0.1) is 11.8 Å². The van der Waals surface area contributed by atoms with Crippen LogP contribution in [-0.4, -0.2) is 28.0 Å². The fraction of sp³-hybridized carbons (Fsp3) is 0.250. The van der Waals surface area contributed by atoms with E-state index in [2.05, 4.69) is 26.3 Å². The molecule has 3 heterocycles. The van der Waals surface area contributed by atoms with Crippen LogP contribution >= 0.6 is 0 Å². The van der Waals surface area contributed by atoms with Crippen LogP contribution in [0.3, 0.4) is 0 Å². The number of hydrogen-bond donors (Lipinski definition) is 1. The fourth-order valence-electron chi connectivity index (χ4n) is 1.80. The van der Waals surface area contributed by atoms with Crippen LogP contribution < -0.4 is 5.32 Å². The predicted octanol–water partition coefficient (Wildman–Crippen LogP) is 1.51. The number of nitrogens with one attached hydrogen (secondary N) is 1. The van der Waals surface area contributed by atoms with Crippen molar-refractivity contribution in [1.82, 2.24) is 20.3 Å². The zero-order valence-corrected chi connectivity index (χ0v) is 9.26. The molecule has 0 saturated carbocycles.